The highest BCUT2D eigenvalue weighted by molar-refractivity contribution is 6.04. The summed E-state index contributed by atoms with van der Waals surface area (Å²) in [5.74, 6) is 0. The Hall–Kier alpha value is -7.88. The molecule has 278 valence electrons. The molecule has 3 nitrogen and oxygen atoms in total. The average molecular weight is 754 g/mol. The lowest BCUT2D eigenvalue weighted by atomic mass is 9.87. The van der Waals surface area contributed by atoms with Crippen molar-refractivity contribution in [3.05, 3.63) is 225 Å². The van der Waals surface area contributed by atoms with E-state index in [-0.39, 0.29) is 0 Å². The van der Waals surface area contributed by atoms with E-state index in [0.717, 1.165) is 106 Å². The third-order valence-corrected chi connectivity index (χ3v) is 11.1. The van der Waals surface area contributed by atoms with Gasteiger partial charge in [-0.25, -0.2) is 9.97 Å². The second kappa shape index (κ2) is 15.2. The minimum Gasteiger partial charge on any atom is -0.299 e. The highest BCUT2D eigenvalue weighted by Crippen LogP contribution is 2.41. The van der Waals surface area contributed by atoms with Gasteiger partial charge in [-0.1, -0.05) is 165 Å². The van der Waals surface area contributed by atoms with Gasteiger partial charge in [-0.15, -0.1) is 0 Å². The van der Waals surface area contributed by atoms with Crippen LogP contribution in [0, 0.1) is 0 Å². The van der Waals surface area contributed by atoms with Crippen molar-refractivity contribution in [1.82, 2.24) is 14.4 Å². The second-order valence-corrected chi connectivity index (χ2v) is 14.7. The Balaban J connectivity index is 1.22. The van der Waals surface area contributed by atoms with Gasteiger partial charge < -0.3 is 0 Å². The minimum atomic E-state index is 0.907. The van der Waals surface area contributed by atoms with Gasteiger partial charge in [-0.3, -0.25) is 4.40 Å². The monoisotopic (exact) mass is 753 g/mol. The van der Waals surface area contributed by atoms with Crippen molar-refractivity contribution in [3.8, 4) is 78.4 Å². The summed E-state index contributed by atoms with van der Waals surface area (Å²) >= 11 is 0. The molecule has 0 radical (unpaired) electrons. The van der Waals surface area contributed by atoms with Crippen molar-refractivity contribution in [1.29, 1.82) is 0 Å². The fourth-order valence-corrected chi connectivity index (χ4v) is 8.30. The molecule has 3 heterocycles. The molecule has 0 amide bonds. The lowest BCUT2D eigenvalue weighted by molar-refractivity contribution is 1.19. The van der Waals surface area contributed by atoms with Gasteiger partial charge in [-0.05, 0) is 110 Å². The SMILES string of the molecule is C=Cc1cc(-c2cc(-c3cccc(-c4nc5ccccn5c4-c4ccccc4)c3)cc(-c3cc(-c4ccccc4)nc(-c4ccccc4)c3)c2)c2ccccc2c1C=C. The molecule has 0 aliphatic heterocycles. The van der Waals surface area contributed by atoms with Crippen molar-refractivity contribution in [2.75, 3.05) is 0 Å². The molecule has 0 N–H and O–H groups in total. The van der Waals surface area contributed by atoms with Crippen LogP contribution in [-0.4, -0.2) is 14.4 Å². The van der Waals surface area contributed by atoms with Crippen molar-refractivity contribution >= 4 is 28.6 Å². The lowest BCUT2D eigenvalue weighted by Crippen LogP contribution is -1.94. The second-order valence-electron chi connectivity index (χ2n) is 14.7. The highest BCUT2D eigenvalue weighted by Gasteiger charge is 2.19. The smallest absolute Gasteiger partial charge is 0.137 e. The van der Waals surface area contributed by atoms with Crippen LogP contribution in [0.5, 0.6) is 0 Å². The molecule has 0 saturated heterocycles. The molecule has 3 heteroatoms. The Labute approximate surface area is 344 Å². The zero-order valence-corrected chi connectivity index (χ0v) is 32.5. The Bertz CT molecular complexity index is 3120. The Kier molecular flexibility index (Phi) is 9.17. The van der Waals surface area contributed by atoms with Crippen molar-refractivity contribution in [2.24, 2.45) is 0 Å². The standard InChI is InChI=1S/C56H39N3/c1-3-38-35-51(50-28-15-14-27-49(50)48(38)4-2)47-33-44(32-45(34-47)46-36-52(39-19-8-5-9-20-39)57-53(37-46)40-21-10-6-11-22-40)42-25-18-26-43(31-42)55-56(41-23-12-7-13-24-41)59-30-17-16-29-54(59)58-55/h3-37H,1-2H2. The molecule has 0 bridgehead atoms. The predicted molar refractivity (Wildman–Crippen MR) is 249 cm³/mol. The van der Waals surface area contributed by atoms with Crippen LogP contribution in [0.4, 0.5) is 0 Å². The topological polar surface area (TPSA) is 30.2 Å². The summed E-state index contributed by atoms with van der Waals surface area (Å²) in [7, 11) is 0. The van der Waals surface area contributed by atoms with Crippen LogP contribution in [0.3, 0.4) is 0 Å². The number of rotatable bonds is 9. The molecule has 7 aromatic carbocycles. The van der Waals surface area contributed by atoms with E-state index in [4.69, 9.17) is 9.97 Å². The van der Waals surface area contributed by atoms with E-state index < -0.39 is 0 Å². The van der Waals surface area contributed by atoms with Crippen LogP contribution in [0.2, 0.25) is 0 Å². The number of hydrogen-bond donors (Lipinski definition) is 0. The summed E-state index contributed by atoms with van der Waals surface area (Å²) in [5.41, 5.74) is 17.8. The molecule has 0 saturated carbocycles. The number of pyridine rings is 2. The fraction of sp³-hybridized carbons (Fsp3) is 0. The number of fused-ring (bicyclic) bond motifs is 2. The molecule has 0 unspecified atom stereocenters. The Morgan fingerprint density at radius 3 is 1.58 bits per heavy atom. The maximum absolute atomic E-state index is 5.21. The molecule has 0 fully saturated rings. The van der Waals surface area contributed by atoms with E-state index in [1.165, 1.54) is 0 Å². The van der Waals surface area contributed by atoms with Gasteiger partial charge >= 0.3 is 0 Å². The minimum absolute atomic E-state index is 0.907. The van der Waals surface area contributed by atoms with Crippen LogP contribution in [-0.2, 0) is 0 Å². The molecule has 0 aliphatic carbocycles. The Morgan fingerprint density at radius 2 is 0.915 bits per heavy atom. The molecule has 0 atom stereocenters. The first-order chi connectivity index (χ1) is 29.1. The van der Waals surface area contributed by atoms with Gasteiger partial charge in [0.1, 0.15) is 5.65 Å². The number of hydrogen-bond acceptors (Lipinski definition) is 2. The molecule has 59 heavy (non-hydrogen) atoms. The van der Waals surface area contributed by atoms with E-state index in [0.29, 0.717) is 0 Å². The first-order valence-electron chi connectivity index (χ1n) is 19.9. The highest BCUT2D eigenvalue weighted by atomic mass is 15.0. The maximum Gasteiger partial charge on any atom is 0.137 e. The van der Waals surface area contributed by atoms with Crippen LogP contribution in [0.25, 0.3) is 107 Å². The molecule has 0 aliphatic rings. The molecular weight excluding hydrogens is 715 g/mol. The fourth-order valence-electron chi connectivity index (χ4n) is 8.30. The van der Waals surface area contributed by atoms with E-state index in [2.05, 4.69) is 200 Å². The quantitative estimate of drug-likeness (QED) is 0.147. The lowest BCUT2D eigenvalue weighted by Gasteiger charge is -2.17. The zero-order chi connectivity index (χ0) is 39.7. The van der Waals surface area contributed by atoms with Crippen molar-refractivity contribution in [2.45, 2.75) is 0 Å². The van der Waals surface area contributed by atoms with Crippen molar-refractivity contribution in [3.63, 3.8) is 0 Å². The third-order valence-electron chi connectivity index (χ3n) is 11.1. The van der Waals surface area contributed by atoms with Crippen molar-refractivity contribution < 1.29 is 0 Å². The summed E-state index contributed by atoms with van der Waals surface area (Å²) in [5, 5.41) is 2.30. The van der Waals surface area contributed by atoms with Crippen LogP contribution >= 0.6 is 0 Å². The largest absolute Gasteiger partial charge is 0.299 e. The van der Waals surface area contributed by atoms with E-state index in [9.17, 15) is 0 Å². The summed E-state index contributed by atoms with van der Waals surface area (Å²) in [6.07, 6.45) is 5.96. The third kappa shape index (κ3) is 6.65. The van der Waals surface area contributed by atoms with E-state index in [1.54, 1.807) is 0 Å². The molecule has 3 aromatic heterocycles. The van der Waals surface area contributed by atoms with E-state index in [1.807, 2.05) is 30.4 Å². The predicted octanol–water partition coefficient (Wildman–Crippen LogP) is 14.8. The van der Waals surface area contributed by atoms with Crippen LogP contribution in [0.1, 0.15) is 11.1 Å². The number of aromatic nitrogens is 3. The number of nitrogens with zero attached hydrogens (tertiary/aromatic N) is 3. The molecule has 10 aromatic rings. The van der Waals surface area contributed by atoms with Crippen LogP contribution in [0.15, 0.2) is 213 Å². The first-order valence-corrected chi connectivity index (χ1v) is 19.9. The molecule has 0 spiro atoms. The van der Waals surface area contributed by atoms with Gasteiger partial charge in [0.15, 0.2) is 0 Å². The molecule has 10 rings (SSSR count). The van der Waals surface area contributed by atoms with E-state index >= 15 is 0 Å². The number of benzene rings is 7. The van der Waals surface area contributed by atoms with Gasteiger partial charge in [0, 0.05) is 28.5 Å². The summed E-state index contributed by atoms with van der Waals surface area (Å²) in [6, 6.07) is 68.6. The average Bonchev–Trinajstić information content (AvgIpc) is 3.71. The van der Waals surface area contributed by atoms with Gasteiger partial charge in [-0.2, -0.15) is 0 Å². The summed E-state index contributed by atoms with van der Waals surface area (Å²) in [6.45, 7) is 8.39. The number of imidazole rings is 1. The zero-order valence-electron chi connectivity index (χ0n) is 32.5. The normalized spacial score (nSPS) is 11.2. The maximum atomic E-state index is 5.21. The summed E-state index contributed by atoms with van der Waals surface area (Å²) in [4.78, 5) is 10.4. The van der Waals surface area contributed by atoms with Gasteiger partial charge in [0.05, 0.1) is 22.8 Å². The van der Waals surface area contributed by atoms with Gasteiger partial charge in [0.25, 0.3) is 0 Å². The summed E-state index contributed by atoms with van der Waals surface area (Å²) < 4.78 is 2.18. The van der Waals surface area contributed by atoms with Crippen LogP contribution < -0.4 is 0 Å². The van der Waals surface area contributed by atoms with Gasteiger partial charge in [0.2, 0.25) is 0 Å². The molecular formula is C56H39N3. The Morgan fingerprint density at radius 1 is 0.390 bits per heavy atom. The first kappa shape index (κ1) is 35.5.